The molecule has 0 unspecified atom stereocenters. The van der Waals surface area contributed by atoms with Crippen molar-refractivity contribution >= 4 is 17.9 Å². The highest BCUT2D eigenvalue weighted by Crippen LogP contribution is 2.31. The van der Waals surface area contributed by atoms with Crippen LogP contribution in [0, 0.1) is 17.8 Å². The fourth-order valence-corrected chi connectivity index (χ4v) is 3.83. The van der Waals surface area contributed by atoms with Crippen LogP contribution in [0.15, 0.2) is 11.6 Å². The molecule has 0 aromatic carbocycles. The predicted molar refractivity (Wildman–Crippen MR) is 88.6 cm³/mol. The molecule has 1 saturated heterocycles. The summed E-state index contributed by atoms with van der Waals surface area (Å²) in [6.07, 6.45) is -0.181. The van der Waals surface area contributed by atoms with Crippen molar-refractivity contribution in [2.24, 2.45) is 23.5 Å². The lowest BCUT2D eigenvalue weighted by Crippen LogP contribution is -2.48. The van der Waals surface area contributed by atoms with E-state index >= 15 is 0 Å². The molecule has 0 aromatic rings. The van der Waals surface area contributed by atoms with Gasteiger partial charge in [-0.1, -0.05) is 33.8 Å². The zero-order valence-electron chi connectivity index (χ0n) is 15.2. The van der Waals surface area contributed by atoms with Gasteiger partial charge in [-0.15, -0.1) is 5.06 Å². The highest BCUT2D eigenvalue weighted by atomic mass is 19.1. The fraction of sp³-hybridized carbons (Fsp3) is 0.706. The van der Waals surface area contributed by atoms with E-state index in [2.05, 4.69) is 0 Å². The van der Waals surface area contributed by atoms with Gasteiger partial charge in [-0.2, -0.15) is 0 Å². The zero-order chi connectivity index (χ0) is 19.0. The normalized spacial score (nSPS) is 24.2. The summed E-state index contributed by atoms with van der Waals surface area (Å²) in [6, 6.07) is -2.07. The van der Waals surface area contributed by atoms with Crippen molar-refractivity contribution < 1.29 is 23.6 Å². The Labute approximate surface area is 146 Å². The summed E-state index contributed by atoms with van der Waals surface area (Å²) in [5.74, 6) is -2.36. The van der Waals surface area contributed by atoms with E-state index in [4.69, 9.17) is 10.6 Å². The van der Waals surface area contributed by atoms with Crippen LogP contribution < -0.4 is 5.73 Å². The minimum Gasteiger partial charge on any atom is -0.368 e. The van der Waals surface area contributed by atoms with Gasteiger partial charge in [0.25, 0.3) is 0 Å². The fourth-order valence-electron chi connectivity index (χ4n) is 3.83. The molecule has 2 aliphatic heterocycles. The van der Waals surface area contributed by atoms with Crippen molar-refractivity contribution in [3.63, 3.8) is 0 Å². The molecule has 0 spiro atoms. The van der Waals surface area contributed by atoms with Gasteiger partial charge in [-0.05, 0) is 24.3 Å². The van der Waals surface area contributed by atoms with E-state index in [0.29, 0.717) is 5.57 Å². The van der Waals surface area contributed by atoms with Gasteiger partial charge in [0.2, 0.25) is 12.1 Å². The number of hydroxylamine groups is 2. The monoisotopic (exact) mass is 355 g/mol. The first-order valence-corrected chi connectivity index (χ1v) is 8.49. The number of carbonyl (C=O) groups is 3. The van der Waals surface area contributed by atoms with Gasteiger partial charge < -0.3 is 15.5 Å². The Morgan fingerprint density at radius 2 is 1.84 bits per heavy atom. The smallest absolute Gasteiger partial charge is 0.366 e. The standard InChI is InChI=1S/C17H26FN3O4/c1-8(2)12(9(3)4)13(18)16(23)25-21-11-6-10(5)14(15(19)22)20(7-11)17(21)24/h6,8-9,11-14H,7H2,1-5H3,(H2,19,22)/t11-,13+,14+/m1/s1. The van der Waals surface area contributed by atoms with Crippen molar-refractivity contribution in [2.75, 3.05) is 6.54 Å². The molecular weight excluding hydrogens is 329 g/mol. The summed E-state index contributed by atoms with van der Waals surface area (Å²) in [5, 5.41) is 0.846. The van der Waals surface area contributed by atoms with Crippen molar-refractivity contribution in [3.8, 4) is 0 Å². The van der Waals surface area contributed by atoms with Crippen LogP contribution in [0.1, 0.15) is 34.6 Å². The van der Waals surface area contributed by atoms with E-state index in [-0.39, 0.29) is 18.4 Å². The average molecular weight is 355 g/mol. The number of nitrogens with two attached hydrogens (primary N) is 1. The van der Waals surface area contributed by atoms with Crippen molar-refractivity contribution in [1.82, 2.24) is 9.96 Å². The molecule has 3 atom stereocenters. The SMILES string of the molecule is CC1=C[C@@H]2CN(C(=O)N2OC(=O)[C@@H](F)C(C(C)C)C(C)C)[C@@H]1C(N)=O. The molecule has 0 aliphatic carbocycles. The number of rotatable bonds is 6. The largest absolute Gasteiger partial charge is 0.368 e. The van der Waals surface area contributed by atoms with E-state index < -0.39 is 42.1 Å². The van der Waals surface area contributed by atoms with Crippen LogP contribution in [0.2, 0.25) is 0 Å². The summed E-state index contributed by atoms with van der Waals surface area (Å²) < 4.78 is 14.7. The van der Waals surface area contributed by atoms with E-state index in [1.807, 2.05) is 27.7 Å². The third kappa shape index (κ3) is 3.48. The molecule has 1 fully saturated rings. The summed E-state index contributed by atoms with van der Waals surface area (Å²) in [4.78, 5) is 42.6. The Kier molecular flexibility index (Phi) is 5.39. The van der Waals surface area contributed by atoms with Gasteiger partial charge in [-0.25, -0.2) is 14.0 Å². The lowest BCUT2D eigenvalue weighted by Gasteiger charge is -2.28. The number of nitrogens with zero attached hydrogens (tertiary/aromatic N) is 2. The van der Waals surface area contributed by atoms with Crippen LogP contribution in [0.4, 0.5) is 9.18 Å². The van der Waals surface area contributed by atoms with E-state index in [1.165, 1.54) is 4.90 Å². The maximum absolute atomic E-state index is 14.7. The maximum atomic E-state index is 14.7. The molecule has 2 rings (SSSR count). The first-order valence-electron chi connectivity index (χ1n) is 8.49. The maximum Gasteiger partial charge on any atom is 0.366 e. The summed E-state index contributed by atoms with van der Waals surface area (Å²) in [5.41, 5.74) is 5.95. The van der Waals surface area contributed by atoms with Crippen molar-refractivity contribution in [1.29, 1.82) is 0 Å². The van der Waals surface area contributed by atoms with Gasteiger partial charge in [0.15, 0.2) is 0 Å². The van der Waals surface area contributed by atoms with Gasteiger partial charge >= 0.3 is 12.0 Å². The number of urea groups is 1. The van der Waals surface area contributed by atoms with Crippen molar-refractivity contribution in [2.45, 2.75) is 52.9 Å². The molecule has 2 N–H and O–H groups in total. The van der Waals surface area contributed by atoms with E-state index in [1.54, 1.807) is 13.0 Å². The third-order valence-corrected chi connectivity index (χ3v) is 4.88. The molecule has 2 bridgehead atoms. The number of primary amides is 1. The second kappa shape index (κ2) is 7.01. The number of alkyl halides is 1. The quantitative estimate of drug-likeness (QED) is 0.733. The lowest BCUT2D eigenvalue weighted by molar-refractivity contribution is -0.187. The molecule has 0 saturated carbocycles. The topological polar surface area (TPSA) is 92.9 Å². The zero-order valence-corrected chi connectivity index (χ0v) is 15.2. The molecular formula is C17H26FN3O4. The molecule has 3 amide bonds. The second-order valence-corrected chi connectivity index (χ2v) is 7.42. The van der Waals surface area contributed by atoms with Crippen molar-refractivity contribution in [3.05, 3.63) is 11.6 Å². The molecule has 8 heteroatoms. The van der Waals surface area contributed by atoms with Gasteiger partial charge in [0, 0.05) is 5.92 Å². The number of hydrogen-bond donors (Lipinski definition) is 1. The minimum atomic E-state index is -1.83. The Morgan fingerprint density at radius 3 is 2.32 bits per heavy atom. The Hall–Kier alpha value is -2.12. The predicted octanol–water partition coefficient (Wildman–Crippen LogP) is 1.63. The van der Waals surface area contributed by atoms with Gasteiger partial charge in [0.05, 0.1) is 6.54 Å². The molecule has 2 heterocycles. The van der Waals surface area contributed by atoms with Gasteiger partial charge in [0.1, 0.15) is 12.1 Å². The van der Waals surface area contributed by atoms with E-state index in [0.717, 1.165) is 5.06 Å². The molecule has 7 nitrogen and oxygen atoms in total. The molecule has 25 heavy (non-hydrogen) atoms. The third-order valence-electron chi connectivity index (χ3n) is 4.88. The van der Waals surface area contributed by atoms with Crippen LogP contribution in [0.3, 0.4) is 0 Å². The number of fused-ring (bicyclic) bond motifs is 2. The number of amides is 3. The minimum absolute atomic E-state index is 0.0545. The first kappa shape index (κ1) is 19.2. The lowest BCUT2D eigenvalue weighted by atomic mass is 9.82. The van der Waals surface area contributed by atoms with Gasteiger partial charge in [-0.3, -0.25) is 4.79 Å². The van der Waals surface area contributed by atoms with Crippen LogP contribution in [0.25, 0.3) is 0 Å². The van der Waals surface area contributed by atoms with Crippen LogP contribution in [0.5, 0.6) is 0 Å². The highest BCUT2D eigenvalue weighted by molar-refractivity contribution is 5.91. The summed E-state index contributed by atoms with van der Waals surface area (Å²) in [7, 11) is 0. The second-order valence-electron chi connectivity index (χ2n) is 7.42. The first-order chi connectivity index (χ1) is 11.6. The number of hydrogen-bond acceptors (Lipinski definition) is 4. The summed E-state index contributed by atoms with van der Waals surface area (Å²) in [6.45, 7) is 9.22. The van der Waals surface area contributed by atoms with Crippen LogP contribution in [-0.4, -0.2) is 52.7 Å². The highest BCUT2D eigenvalue weighted by Gasteiger charge is 2.49. The molecule has 0 radical (unpaired) electrons. The molecule has 140 valence electrons. The number of carbonyl (C=O) groups excluding carboxylic acids is 3. The van der Waals surface area contributed by atoms with Crippen LogP contribution >= 0.6 is 0 Å². The van der Waals surface area contributed by atoms with E-state index in [9.17, 15) is 18.8 Å². The Balaban J connectivity index is 2.15. The number of halogens is 1. The molecule has 2 aliphatic rings. The summed E-state index contributed by atoms with van der Waals surface area (Å²) >= 11 is 0. The molecule has 0 aromatic heterocycles. The Bertz CT molecular complexity index is 597. The van der Waals surface area contributed by atoms with Crippen LogP contribution in [-0.2, 0) is 14.4 Å². The average Bonchev–Trinajstić information content (AvgIpc) is 2.71. The Morgan fingerprint density at radius 1 is 1.28 bits per heavy atom.